The number of hydrogen-bond acceptors (Lipinski definition) is 5. The first-order valence-corrected chi connectivity index (χ1v) is 9.99. The van der Waals surface area contributed by atoms with Gasteiger partial charge in [-0.1, -0.05) is 12.1 Å². The van der Waals surface area contributed by atoms with E-state index in [1.807, 2.05) is 23.1 Å². The number of carbonyl (C=O) groups is 1. The molecule has 0 bridgehead atoms. The summed E-state index contributed by atoms with van der Waals surface area (Å²) in [5, 5.41) is 0. The van der Waals surface area contributed by atoms with Crippen LogP contribution in [0.4, 0.5) is 5.69 Å². The molecule has 6 heteroatoms. The van der Waals surface area contributed by atoms with E-state index in [0.717, 1.165) is 56.6 Å². The number of likely N-dealkylation sites (tertiary alicyclic amines) is 1. The molecule has 1 saturated carbocycles. The standard InChI is InChI=1S/C21H30N2O4/c1-25-16-7-8-21(26-2)9-10-23(19(21)15-16)20(24)17-5-3-4-6-18(17)22-11-13-27-14-12-22/h3-6,16,19H,7-15H2,1-2H3/t16-,19-,21+/m0/s1. The van der Waals surface area contributed by atoms with Gasteiger partial charge in [-0.05, 0) is 37.8 Å². The topological polar surface area (TPSA) is 51.2 Å². The minimum atomic E-state index is -0.224. The lowest BCUT2D eigenvalue weighted by molar-refractivity contribution is -0.0893. The second-order valence-corrected chi connectivity index (χ2v) is 7.78. The van der Waals surface area contributed by atoms with Crippen LogP contribution in [0.15, 0.2) is 24.3 Å². The smallest absolute Gasteiger partial charge is 0.256 e. The fourth-order valence-electron chi connectivity index (χ4n) is 5.01. The Balaban J connectivity index is 1.61. The van der Waals surface area contributed by atoms with E-state index in [2.05, 4.69) is 11.0 Å². The van der Waals surface area contributed by atoms with Gasteiger partial charge in [0.2, 0.25) is 0 Å². The molecule has 1 aromatic carbocycles. The third-order valence-electron chi connectivity index (χ3n) is 6.62. The highest BCUT2D eigenvalue weighted by Gasteiger charge is 2.52. The van der Waals surface area contributed by atoms with Gasteiger partial charge in [0.1, 0.15) is 0 Å². The molecule has 2 saturated heterocycles. The maximum atomic E-state index is 13.6. The molecule has 3 aliphatic rings. The molecule has 0 radical (unpaired) electrons. The first kappa shape index (κ1) is 18.7. The van der Waals surface area contributed by atoms with Crippen LogP contribution in [0.5, 0.6) is 0 Å². The van der Waals surface area contributed by atoms with Crippen LogP contribution >= 0.6 is 0 Å². The highest BCUT2D eigenvalue weighted by molar-refractivity contribution is 6.00. The summed E-state index contributed by atoms with van der Waals surface area (Å²) in [4.78, 5) is 17.9. The molecule has 0 spiro atoms. The molecule has 2 aliphatic heterocycles. The van der Waals surface area contributed by atoms with E-state index in [4.69, 9.17) is 14.2 Å². The lowest BCUT2D eigenvalue weighted by Gasteiger charge is -2.43. The van der Waals surface area contributed by atoms with Gasteiger partial charge in [-0.25, -0.2) is 0 Å². The number of anilines is 1. The molecule has 2 heterocycles. The number of ether oxygens (including phenoxy) is 3. The third-order valence-corrected chi connectivity index (χ3v) is 6.62. The molecule has 27 heavy (non-hydrogen) atoms. The second kappa shape index (κ2) is 7.78. The van der Waals surface area contributed by atoms with Crippen LogP contribution in [0, 0.1) is 0 Å². The number of amides is 1. The number of fused-ring (bicyclic) bond motifs is 1. The lowest BCUT2D eigenvalue weighted by atomic mass is 9.79. The van der Waals surface area contributed by atoms with Gasteiger partial charge in [-0.15, -0.1) is 0 Å². The van der Waals surface area contributed by atoms with Gasteiger partial charge in [0.25, 0.3) is 5.91 Å². The first-order valence-electron chi connectivity index (χ1n) is 9.99. The predicted octanol–water partition coefficient (Wildman–Crippen LogP) is 2.32. The van der Waals surface area contributed by atoms with Crippen molar-refractivity contribution in [3.05, 3.63) is 29.8 Å². The van der Waals surface area contributed by atoms with E-state index >= 15 is 0 Å². The predicted molar refractivity (Wildman–Crippen MR) is 103 cm³/mol. The summed E-state index contributed by atoms with van der Waals surface area (Å²) < 4.78 is 17.1. The number of rotatable bonds is 4. The molecule has 0 N–H and O–H groups in total. The van der Waals surface area contributed by atoms with Gasteiger partial charge in [0.15, 0.2) is 0 Å². The summed E-state index contributed by atoms with van der Waals surface area (Å²) in [6.07, 6.45) is 3.88. The number of nitrogens with zero attached hydrogens (tertiary/aromatic N) is 2. The van der Waals surface area contributed by atoms with Crippen LogP contribution in [0.3, 0.4) is 0 Å². The van der Waals surface area contributed by atoms with Crippen molar-refractivity contribution < 1.29 is 19.0 Å². The van der Waals surface area contributed by atoms with Gasteiger partial charge in [-0.3, -0.25) is 4.79 Å². The van der Waals surface area contributed by atoms with Crippen molar-refractivity contribution >= 4 is 11.6 Å². The average Bonchev–Trinajstić information content (AvgIpc) is 3.13. The number of benzene rings is 1. The zero-order chi connectivity index (χ0) is 18.9. The van der Waals surface area contributed by atoms with Crippen LogP contribution in [-0.2, 0) is 14.2 Å². The molecular weight excluding hydrogens is 344 g/mol. The molecule has 3 atom stereocenters. The van der Waals surface area contributed by atoms with Crippen LogP contribution in [-0.4, -0.2) is 75.6 Å². The largest absolute Gasteiger partial charge is 0.381 e. The molecule has 6 nitrogen and oxygen atoms in total. The Bertz CT molecular complexity index is 676. The normalized spacial score (nSPS) is 31.0. The summed E-state index contributed by atoms with van der Waals surface area (Å²) in [5.74, 6) is 0.109. The Labute approximate surface area is 161 Å². The van der Waals surface area contributed by atoms with Crippen LogP contribution in [0.1, 0.15) is 36.0 Å². The number of methoxy groups -OCH3 is 2. The Kier molecular flexibility index (Phi) is 5.39. The summed E-state index contributed by atoms with van der Waals surface area (Å²) in [5.41, 5.74) is 1.57. The summed E-state index contributed by atoms with van der Waals surface area (Å²) in [7, 11) is 3.55. The molecule has 0 aromatic heterocycles. The first-order chi connectivity index (χ1) is 13.2. The van der Waals surface area contributed by atoms with E-state index in [-0.39, 0.29) is 23.7 Å². The monoisotopic (exact) mass is 374 g/mol. The SMILES string of the molecule is CO[C@H]1CC[C@@]2(OC)CCN(C(=O)c3ccccc3N3CCOCC3)[C@H]2C1. The van der Waals surface area contributed by atoms with Crippen molar-refractivity contribution in [2.45, 2.75) is 43.4 Å². The van der Waals surface area contributed by atoms with E-state index in [9.17, 15) is 4.79 Å². The molecule has 1 aromatic rings. The highest BCUT2D eigenvalue weighted by Crippen LogP contribution is 2.44. The Morgan fingerprint density at radius 1 is 1.15 bits per heavy atom. The summed E-state index contributed by atoms with van der Waals surface area (Å²) in [6, 6.07) is 8.04. The summed E-state index contributed by atoms with van der Waals surface area (Å²) in [6.45, 7) is 3.79. The minimum Gasteiger partial charge on any atom is -0.381 e. The lowest BCUT2D eigenvalue weighted by Crippen LogP contribution is -2.53. The average molecular weight is 374 g/mol. The Morgan fingerprint density at radius 3 is 2.67 bits per heavy atom. The number of hydrogen-bond donors (Lipinski definition) is 0. The molecule has 3 fully saturated rings. The van der Waals surface area contributed by atoms with Gasteiger partial charge in [0, 0.05) is 39.5 Å². The minimum absolute atomic E-state index is 0.0754. The van der Waals surface area contributed by atoms with E-state index in [1.165, 1.54) is 0 Å². The van der Waals surface area contributed by atoms with E-state index in [0.29, 0.717) is 13.2 Å². The van der Waals surface area contributed by atoms with Gasteiger partial charge < -0.3 is 24.0 Å². The maximum absolute atomic E-state index is 13.6. The third kappa shape index (κ3) is 3.35. The number of morpholine rings is 1. The second-order valence-electron chi connectivity index (χ2n) is 7.78. The van der Waals surface area contributed by atoms with Crippen molar-refractivity contribution in [3.8, 4) is 0 Å². The Hall–Kier alpha value is -1.63. The summed E-state index contributed by atoms with van der Waals surface area (Å²) >= 11 is 0. The number of para-hydroxylation sites is 1. The van der Waals surface area contributed by atoms with Gasteiger partial charge in [-0.2, -0.15) is 0 Å². The van der Waals surface area contributed by atoms with Crippen molar-refractivity contribution in [3.63, 3.8) is 0 Å². The molecule has 4 rings (SSSR count). The molecule has 148 valence electrons. The highest BCUT2D eigenvalue weighted by atomic mass is 16.5. The molecule has 1 amide bonds. The molecule has 0 unspecified atom stereocenters. The van der Waals surface area contributed by atoms with Crippen molar-refractivity contribution in [1.29, 1.82) is 0 Å². The number of carbonyl (C=O) groups excluding carboxylic acids is 1. The van der Waals surface area contributed by atoms with Crippen molar-refractivity contribution in [2.75, 3.05) is 52.0 Å². The zero-order valence-corrected chi connectivity index (χ0v) is 16.4. The van der Waals surface area contributed by atoms with Crippen LogP contribution in [0.25, 0.3) is 0 Å². The van der Waals surface area contributed by atoms with Gasteiger partial charge in [0.05, 0.1) is 36.5 Å². The van der Waals surface area contributed by atoms with Crippen molar-refractivity contribution in [1.82, 2.24) is 4.90 Å². The van der Waals surface area contributed by atoms with E-state index < -0.39 is 0 Å². The quantitative estimate of drug-likeness (QED) is 0.810. The molecular formula is C21H30N2O4. The van der Waals surface area contributed by atoms with Crippen molar-refractivity contribution in [2.24, 2.45) is 0 Å². The maximum Gasteiger partial charge on any atom is 0.256 e. The van der Waals surface area contributed by atoms with Gasteiger partial charge >= 0.3 is 0 Å². The zero-order valence-electron chi connectivity index (χ0n) is 16.4. The van der Waals surface area contributed by atoms with Crippen LogP contribution < -0.4 is 4.90 Å². The Morgan fingerprint density at radius 2 is 1.93 bits per heavy atom. The fraction of sp³-hybridized carbons (Fsp3) is 0.667. The van der Waals surface area contributed by atoms with Crippen LogP contribution in [0.2, 0.25) is 0 Å². The van der Waals surface area contributed by atoms with E-state index in [1.54, 1.807) is 14.2 Å². The molecule has 1 aliphatic carbocycles. The fourth-order valence-corrected chi connectivity index (χ4v) is 5.01.